The van der Waals surface area contributed by atoms with E-state index in [0.717, 1.165) is 61.2 Å². The van der Waals surface area contributed by atoms with Crippen molar-refractivity contribution in [3.8, 4) is 16.9 Å². The van der Waals surface area contributed by atoms with Crippen LogP contribution in [0.3, 0.4) is 0 Å². The minimum Gasteiger partial charge on any atom is -0.497 e. The number of likely N-dealkylation sites (tertiary alicyclic amines) is 1. The van der Waals surface area contributed by atoms with Crippen molar-refractivity contribution in [1.29, 1.82) is 0 Å². The Kier molecular flexibility index (Phi) is 4.38. The summed E-state index contributed by atoms with van der Waals surface area (Å²) in [4.78, 5) is 15.4. The standard InChI is InChI=1S/C24H25N3O2/c1-29-21-8-3-6-18(14-21)17-5-2-7-19(13-17)23(28)27-12-4-10-24(16-27)11-9-20-15-25-26-22(20)24/h2-3,5-8,13-15H,4,9-12,16H2,1H3,(H,25,26). The van der Waals surface area contributed by atoms with Crippen LogP contribution in [0, 0.1) is 0 Å². The Hall–Kier alpha value is -3.08. The molecule has 1 fully saturated rings. The highest BCUT2D eigenvalue weighted by molar-refractivity contribution is 5.95. The average Bonchev–Trinajstić information content (AvgIpc) is 3.38. The van der Waals surface area contributed by atoms with Crippen LogP contribution >= 0.6 is 0 Å². The van der Waals surface area contributed by atoms with Gasteiger partial charge in [0.1, 0.15) is 5.75 Å². The van der Waals surface area contributed by atoms with Gasteiger partial charge in [-0.2, -0.15) is 5.10 Å². The number of hydrogen-bond acceptors (Lipinski definition) is 3. The second-order valence-corrected chi connectivity index (χ2v) is 8.19. The van der Waals surface area contributed by atoms with Crippen LogP contribution in [0.1, 0.15) is 40.9 Å². The molecule has 1 atom stereocenters. The number of aromatic nitrogens is 2. The van der Waals surface area contributed by atoms with E-state index in [4.69, 9.17) is 4.74 Å². The highest BCUT2D eigenvalue weighted by Crippen LogP contribution is 2.44. The van der Waals surface area contributed by atoms with Gasteiger partial charge in [0.25, 0.3) is 5.91 Å². The molecule has 1 aliphatic heterocycles. The highest BCUT2D eigenvalue weighted by atomic mass is 16.5. The third-order valence-corrected chi connectivity index (χ3v) is 6.50. The van der Waals surface area contributed by atoms with E-state index in [2.05, 4.69) is 10.2 Å². The van der Waals surface area contributed by atoms with Crippen LogP contribution in [0.4, 0.5) is 0 Å². The molecule has 3 aromatic rings. The number of nitrogens with one attached hydrogen (secondary N) is 1. The number of nitrogens with zero attached hydrogens (tertiary/aromatic N) is 2. The van der Waals surface area contributed by atoms with Crippen LogP contribution in [-0.2, 0) is 11.8 Å². The Morgan fingerprint density at radius 2 is 1.97 bits per heavy atom. The third-order valence-electron chi connectivity index (χ3n) is 6.50. The van der Waals surface area contributed by atoms with E-state index in [1.165, 1.54) is 11.3 Å². The molecule has 5 heteroatoms. The van der Waals surface area contributed by atoms with Crippen molar-refractivity contribution in [3.63, 3.8) is 0 Å². The number of aromatic amines is 1. The van der Waals surface area contributed by atoms with E-state index in [1.54, 1.807) is 7.11 Å². The van der Waals surface area contributed by atoms with Crippen molar-refractivity contribution in [2.24, 2.45) is 0 Å². The summed E-state index contributed by atoms with van der Waals surface area (Å²) in [6, 6.07) is 15.9. The van der Waals surface area contributed by atoms with Gasteiger partial charge >= 0.3 is 0 Å². The smallest absolute Gasteiger partial charge is 0.253 e. The zero-order valence-electron chi connectivity index (χ0n) is 16.6. The minimum absolute atomic E-state index is 0.0458. The summed E-state index contributed by atoms with van der Waals surface area (Å²) < 4.78 is 5.34. The lowest BCUT2D eigenvalue weighted by Crippen LogP contribution is -2.47. The molecular formula is C24H25N3O2. The number of ether oxygens (including phenoxy) is 1. The van der Waals surface area contributed by atoms with Gasteiger partial charge in [-0.15, -0.1) is 0 Å². The van der Waals surface area contributed by atoms with Crippen molar-refractivity contribution < 1.29 is 9.53 Å². The van der Waals surface area contributed by atoms with Crippen LogP contribution < -0.4 is 4.74 Å². The van der Waals surface area contributed by atoms with Gasteiger partial charge in [-0.3, -0.25) is 9.89 Å². The number of carbonyl (C=O) groups excluding carboxylic acids is 1. The molecule has 1 saturated heterocycles. The maximum absolute atomic E-state index is 13.4. The summed E-state index contributed by atoms with van der Waals surface area (Å²) in [7, 11) is 1.67. The van der Waals surface area contributed by atoms with E-state index in [0.29, 0.717) is 0 Å². The predicted molar refractivity (Wildman–Crippen MR) is 112 cm³/mol. The molecule has 5 nitrogen and oxygen atoms in total. The Morgan fingerprint density at radius 1 is 1.14 bits per heavy atom. The molecule has 5 rings (SSSR count). The van der Waals surface area contributed by atoms with Gasteiger partial charge in [-0.05, 0) is 66.6 Å². The number of hydrogen-bond donors (Lipinski definition) is 1. The molecular weight excluding hydrogens is 362 g/mol. The van der Waals surface area contributed by atoms with Gasteiger partial charge in [0.05, 0.1) is 13.3 Å². The Labute approximate surface area is 170 Å². The number of amides is 1. The molecule has 1 amide bonds. The summed E-state index contributed by atoms with van der Waals surface area (Å²) in [6.45, 7) is 1.58. The van der Waals surface area contributed by atoms with Crippen molar-refractivity contribution in [2.75, 3.05) is 20.2 Å². The number of methoxy groups -OCH3 is 1. The van der Waals surface area contributed by atoms with Crippen LogP contribution in [0.25, 0.3) is 11.1 Å². The first kappa shape index (κ1) is 18.0. The molecule has 0 saturated carbocycles. The maximum Gasteiger partial charge on any atom is 0.253 e. The third kappa shape index (κ3) is 3.11. The highest BCUT2D eigenvalue weighted by Gasteiger charge is 2.44. The minimum atomic E-state index is 0.0458. The molecule has 2 aliphatic rings. The molecule has 1 spiro atoms. The van der Waals surface area contributed by atoms with E-state index < -0.39 is 0 Å². The fourth-order valence-electron chi connectivity index (χ4n) is 4.99. The van der Waals surface area contributed by atoms with Gasteiger partial charge in [-0.25, -0.2) is 0 Å². The lowest BCUT2D eigenvalue weighted by Gasteiger charge is -2.40. The number of piperidine rings is 1. The molecule has 0 radical (unpaired) electrons. The molecule has 29 heavy (non-hydrogen) atoms. The molecule has 1 N–H and O–H groups in total. The fraction of sp³-hybridized carbons (Fsp3) is 0.333. The summed E-state index contributed by atoms with van der Waals surface area (Å²) in [5, 5.41) is 7.46. The number of rotatable bonds is 3. The zero-order chi connectivity index (χ0) is 19.8. The molecule has 0 bridgehead atoms. The number of fused-ring (bicyclic) bond motifs is 2. The molecule has 2 heterocycles. The second kappa shape index (κ2) is 7.07. The van der Waals surface area contributed by atoms with Crippen LogP contribution in [0.5, 0.6) is 5.75 Å². The second-order valence-electron chi connectivity index (χ2n) is 8.19. The lowest BCUT2D eigenvalue weighted by atomic mass is 9.77. The summed E-state index contributed by atoms with van der Waals surface area (Å²) in [5.74, 6) is 0.926. The van der Waals surface area contributed by atoms with Gasteiger partial charge in [-0.1, -0.05) is 24.3 Å². The van der Waals surface area contributed by atoms with Gasteiger partial charge in [0.15, 0.2) is 0 Å². The number of benzene rings is 2. The number of aryl methyl sites for hydroxylation is 1. The SMILES string of the molecule is COc1cccc(-c2cccc(C(=O)N3CCCC4(CCc5cn[nH]c54)C3)c2)c1. The molecule has 1 aliphatic carbocycles. The van der Waals surface area contributed by atoms with Crippen LogP contribution in [0.15, 0.2) is 54.7 Å². The number of carbonyl (C=O) groups is 1. The van der Waals surface area contributed by atoms with Crippen molar-refractivity contribution >= 4 is 5.91 Å². The van der Waals surface area contributed by atoms with Crippen molar-refractivity contribution in [2.45, 2.75) is 31.1 Å². The summed E-state index contributed by atoms with van der Waals surface area (Å²) in [6.07, 6.45) is 6.25. The largest absolute Gasteiger partial charge is 0.497 e. The lowest BCUT2D eigenvalue weighted by molar-refractivity contribution is 0.0633. The Balaban J connectivity index is 1.41. The van der Waals surface area contributed by atoms with Gasteiger partial charge in [0.2, 0.25) is 0 Å². The first-order valence-electron chi connectivity index (χ1n) is 10.2. The molecule has 1 aromatic heterocycles. The normalized spacial score (nSPS) is 20.7. The molecule has 148 valence electrons. The van der Waals surface area contributed by atoms with E-state index in [9.17, 15) is 4.79 Å². The van der Waals surface area contributed by atoms with Crippen molar-refractivity contribution in [3.05, 3.63) is 71.5 Å². The summed E-state index contributed by atoms with van der Waals surface area (Å²) >= 11 is 0. The van der Waals surface area contributed by atoms with Crippen LogP contribution in [-0.4, -0.2) is 41.2 Å². The fourth-order valence-corrected chi connectivity index (χ4v) is 4.99. The number of H-pyrrole nitrogens is 1. The first-order valence-corrected chi connectivity index (χ1v) is 10.2. The quantitative estimate of drug-likeness (QED) is 0.733. The van der Waals surface area contributed by atoms with E-state index >= 15 is 0 Å². The molecule has 2 aromatic carbocycles. The Morgan fingerprint density at radius 3 is 2.83 bits per heavy atom. The monoisotopic (exact) mass is 387 g/mol. The average molecular weight is 387 g/mol. The maximum atomic E-state index is 13.4. The van der Waals surface area contributed by atoms with Crippen molar-refractivity contribution in [1.82, 2.24) is 15.1 Å². The predicted octanol–water partition coefficient (Wildman–Crippen LogP) is 4.21. The van der Waals surface area contributed by atoms with Gasteiger partial charge in [0, 0.05) is 29.8 Å². The summed E-state index contributed by atoms with van der Waals surface area (Å²) in [5.41, 5.74) is 5.43. The topological polar surface area (TPSA) is 58.2 Å². The molecule has 1 unspecified atom stereocenters. The van der Waals surface area contributed by atoms with E-state index in [1.807, 2.05) is 59.6 Å². The van der Waals surface area contributed by atoms with Gasteiger partial charge < -0.3 is 9.64 Å². The first-order chi connectivity index (χ1) is 14.2. The van der Waals surface area contributed by atoms with E-state index in [-0.39, 0.29) is 11.3 Å². The zero-order valence-corrected chi connectivity index (χ0v) is 16.6. The Bertz CT molecular complexity index is 1060. The van der Waals surface area contributed by atoms with Crippen LogP contribution in [0.2, 0.25) is 0 Å².